The van der Waals surface area contributed by atoms with E-state index in [0.717, 1.165) is 104 Å². The topological polar surface area (TPSA) is 9.23 Å². The van der Waals surface area contributed by atoms with Crippen LogP contribution >= 0.6 is 45.2 Å². The largest absolute Gasteiger partial charge is 0.381 e. The molecule has 1 nitrogen and oxygen atoms in total. The van der Waals surface area contributed by atoms with Crippen LogP contribution in [0, 0.1) is 105 Å². The van der Waals surface area contributed by atoms with E-state index in [9.17, 15) is 0 Å². The van der Waals surface area contributed by atoms with Crippen LogP contribution in [0.3, 0.4) is 0 Å². The van der Waals surface area contributed by atoms with E-state index >= 15 is 0 Å². The van der Waals surface area contributed by atoms with Gasteiger partial charge in [0.2, 0.25) is 0 Å². The molecule has 0 aromatic heterocycles. The number of unbranched alkanes of at least 4 members (excludes halogenated alkanes) is 4. The molecule has 0 saturated heterocycles. The van der Waals surface area contributed by atoms with E-state index in [1.54, 1.807) is 0 Å². The van der Waals surface area contributed by atoms with E-state index in [1.807, 2.05) is 11.1 Å². The van der Waals surface area contributed by atoms with Gasteiger partial charge < -0.3 is 4.74 Å². The van der Waals surface area contributed by atoms with E-state index in [0.29, 0.717) is 21.7 Å². The first kappa shape index (κ1) is 56.1. The zero-order valence-electron chi connectivity index (χ0n) is 47.2. The minimum atomic E-state index is 0.492. The fraction of sp³-hybridized carbons (Fsp3) is 0.939. The molecular weight excluding hydrogens is 1060 g/mol. The Labute approximate surface area is 457 Å². The highest BCUT2D eigenvalue weighted by atomic mass is 127. The van der Waals surface area contributed by atoms with Crippen molar-refractivity contribution in [1.29, 1.82) is 0 Å². The van der Waals surface area contributed by atoms with Crippen LogP contribution in [0.25, 0.3) is 0 Å². The average Bonchev–Trinajstić information content (AvgIpc) is 3.86. The summed E-state index contributed by atoms with van der Waals surface area (Å²) < 4.78 is 7.92. The first-order chi connectivity index (χ1) is 33.0. The Kier molecular flexibility index (Phi) is 19.9. The number of allylic oxidation sites excluding steroid dienone is 4. The Hall–Kier alpha value is 0.900. The van der Waals surface area contributed by atoms with Gasteiger partial charge in [0.15, 0.2) is 0 Å². The predicted octanol–water partition coefficient (Wildman–Crippen LogP) is 21.0. The van der Waals surface area contributed by atoms with Crippen molar-refractivity contribution < 1.29 is 4.74 Å². The number of hydrogen-bond acceptors (Lipinski definition) is 1. The SMILES string of the molecule is CC(C)CCC[C@@H](C)[C@H]1CC[C@H]2[C@@H]3CC=C4CC(C(I)CCCCCOCCCCCC(I)C5CC[C@@]6(C)C(=CC[C@H]7[C@@H]8CC[C@H]([C@H](C)CCCC(C)C)[C@@]8(C)CC[C@@H]76)C5)CC[C@]4(C)[C@H]3CC[C@]12C. The molecule has 0 N–H and O–H groups in total. The highest BCUT2D eigenvalue weighted by Gasteiger charge is 2.61. The van der Waals surface area contributed by atoms with E-state index in [-0.39, 0.29) is 0 Å². The third-order valence-corrected chi connectivity index (χ3v) is 27.5. The monoisotopic (exact) mass is 1170 g/mol. The summed E-state index contributed by atoms with van der Waals surface area (Å²) in [6.07, 6.45) is 48.8. The third-order valence-electron chi connectivity index (χ3n) is 24.2. The van der Waals surface area contributed by atoms with Crippen LogP contribution in [-0.2, 0) is 4.74 Å². The molecule has 0 heterocycles. The fourth-order valence-electron chi connectivity index (χ4n) is 20.1. The van der Waals surface area contributed by atoms with Gasteiger partial charge in [-0.05, 0) is 233 Å². The van der Waals surface area contributed by atoms with Gasteiger partial charge in [0, 0.05) is 21.1 Å². The van der Waals surface area contributed by atoms with Crippen LogP contribution in [0.5, 0.6) is 0 Å². The molecule has 3 heteroatoms. The second-order valence-electron chi connectivity index (χ2n) is 28.9. The molecule has 6 saturated carbocycles. The molecule has 18 atom stereocenters. The van der Waals surface area contributed by atoms with Gasteiger partial charge in [-0.1, -0.05) is 202 Å². The van der Waals surface area contributed by atoms with Crippen molar-refractivity contribution in [3.8, 4) is 0 Å². The summed E-state index contributed by atoms with van der Waals surface area (Å²) in [5, 5.41) is 0. The summed E-state index contributed by atoms with van der Waals surface area (Å²) in [5.74, 6) is 13.1. The minimum Gasteiger partial charge on any atom is -0.381 e. The number of alkyl halides is 2. The molecule has 4 unspecified atom stereocenters. The Morgan fingerprint density at radius 2 is 0.884 bits per heavy atom. The quantitative estimate of drug-likeness (QED) is 0.0405. The summed E-state index contributed by atoms with van der Waals surface area (Å²) in [5.41, 5.74) is 6.00. The van der Waals surface area contributed by atoms with Crippen molar-refractivity contribution in [3.63, 3.8) is 0 Å². The second kappa shape index (κ2) is 24.5. The number of ether oxygens (including phenoxy) is 1. The van der Waals surface area contributed by atoms with Crippen LogP contribution in [0.1, 0.15) is 262 Å². The molecule has 0 aromatic rings. The zero-order valence-corrected chi connectivity index (χ0v) is 51.5. The second-order valence-corrected chi connectivity index (χ2v) is 32.1. The number of hydrogen-bond donors (Lipinski definition) is 0. The van der Waals surface area contributed by atoms with Crippen LogP contribution in [0.15, 0.2) is 23.3 Å². The first-order valence-electron chi connectivity index (χ1n) is 31.2. The molecular formula is C66H112I2O. The maximum absolute atomic E-state index is 6.23. The zero-order chi connectivity index (χ0) is 49.1. The van der Waals surface area contributed by atoms with Crippen molar-refractivity contribution >= 4 is 45.2 Å². The molecule has 6 fully saturated rings. The van der Waals surface area contributed by atoms with Crippen LogP contribution < -0.4 is 0 Å². The lowest BCUT2D eigenvalue weighted by Gasteiger charge is -2.59. The predicted molar refractivity (Wildman–Crippen MR) is 316 cm³/mol. The average molecular weight is 1180 g/mol. The molecule has 8 aliphatic rings. The molecule has 0 amide bonds. The van der Waals surface area contributed by atoms with E-state index < -0.39 is 0 Å². The molecule has 8 aliphatic carbocycles. The maximum Gasteiger partial charge on any atom is 0.0466 e. The summed E-state index contributed by atoms with van der Waals surface area (Å²) >= 11 is 5.76. The summed E-state index contributed by atoms with van der Waals surface area (Å²) in [4.78, 5) is 0. The third kappa shape index (κ3) is 12.2. The molecule has 8 rings (SSSR count). The van der Waals surface area contributed by atoms with Gasteiger partial charge in [-0.25, -0.2) is 0 Å². The van der Waals surface area contributed by atoms with Crippen LogP contribution in [0.2, 0.25) is 0 Å². The summed E-state index contributed by atoms with van der Waals surface area (Å²) in [7, 11) is 0. The minimum absolute atomic E-state index is 0.492. The number of rotatable bonds is 24. The molecule has 396 valence electrons. The Morgan fingerprint density at radius 1 is 0.464 bits per heavy atom. The fourth-order valence-corrected chi connectivity index (χ4v) is 22.2. The van der Waals surface area contributed by atoms with Gasteiger partial charge in [-0.3, -0.25) is 0 Å². The van der Waals surface area contributed by atoms with E-state index in [4.69, 9.17) is 4.74 Å². The standard InChI is InChI=1S/C66H112I2O/c1-45(2)19-17-21-47(5)55-29-31-57-53-27-25-51-43-49(33-37-63(51,7)59(53)35-39-65(55,57)9)61(67)23-13-11-15-41-69-42-16-12-14-24-62(68)50-34-38-64(8)52(44-50)26-28-54-58-32-30-56(48(6)22-18-20-46(3)4)66(58,10)40-36-60(54)64/h25-26,45-50,53-62H,11-24,27-44H2,1-10H3/t47-,48-,49?,50?,53+,54+,55-,56-,57+,58+,59+,60+,61?,62?,63+,64+,65-,66-/m1/s1. The van der Waals surface area contributed by atoms with Gasteiger partial charge in [0.05, 0.1) is 0 Å². The van der Waals surface area contributed by atoms with Crippen molar-refractivity contribution in [1.82, 2.24) is 0 Å². The summed E-state index contributed by atoms with van der Waals surface area (Å²) in [6.45, 7) is 27.9. The Morgan fingerprint density at radius 3 is 1.29 bits per heavy atom. The molecule has 69 heavy (non-hydrogen) atoms. The van der Waals surface area contributed by atoms with Gasteiger partial charge >= 0.3 is 0 Å². The van der Waals surface area contributed by atoms with Crippen molar-refractivity contribution in [3.05, 3.63) is 23.3 Å². The molecule has 0 bridgehead atoms. The van der Waals surface area contributed by atoms with Crippen LogP contribution in [0.4, 0.5) is 0 Å². The number of fused-ring (bicyclic) bond motifs is 10. The lowest BCUT2D eigenvalue weighted by molar-refractivity contribution is -0.0527. The van der Waals surface area contributed by atoms with Crippen LogP contribution in [-0.4, -0.2) is 21.1 Å². The summed E-state index contributed by atoms with van der Waals surface area (Å²) in [6, 6.07) is 0. The van der Waals surface area contributed by atoms with E-state index in [1.165, 1.54) is 193 Å². The molecule has 0 spiro atoms. The van der Waals surface area contributed by atoms with Crippen molar-refractivity contribution in [2.45, 2.75) is 270 Å². The smallest absolute Gasteiger partial charge is 0.0466 e. The molecule has 0 aromatic carbocycles. The Bertz CT molecular complexity index is 1560. The highest BCUT2D eigenvalue weighted by Crippen LogP contribution is 2.70. The van der Waals surface area contributed by atoms with E-state index in [2.05, 4.69) is 127 Å². The molecule has 0 aliphatic heterocycles. The molecule has 0 radical (unpaired) electrons. The van der Waals surface area contributed by atoms with Gasteiger partial charge in [0.25, 0.3) is 0 Å². The van der Waals surface area contributed by atoms with Gasteiger partial charge in [-0.15, -0.1) is 0 Å². The normalized spacial score (nSPS) is 41.2. The Balaban J connectivity index is 0.675. The van der Waals surface area contributed by atoms with Crippen molar-refractivity contribution in [2.24, 2.45) is 105 Å². The maximum atomic E-state index is 6.23. The lowest BCUT2D eigenvalue weighted by atomic mass is 9.46. The lowest BCUT2D eigenvalue weighted by Crippen LogP contribution is -2.50. The number of halogens is 2. The van der Waals surface area contributed by atoms with Gasteiger partial charge in [0.1, 0.15) is 0 Å². The first-order valence-corrected chi connectivity index (χ1v) is 33.7. The van der Waals surface area contributed by atoms with Gasteiger partial charge in [-0.2, -0.15) is 0 Å². The van der Waals surface area contributed by atoms with Crippen molar-refractivity contribution in [2.75, 3.05) is 13.2 Å². The highest BCUT2D eigenvalue weighted by molar-refractivity contribution is 14.1.